The van der Waals surface area contributed by atoms with Crippen LogP contribution in [0.25, 0.3) is 10.8 Å². The van der Waals surface area contributed by atoms with Crippen molar-refractivity contribution in [3.63, 3.8) is 0 Å². The van der Waals surface area contributed by atoms with E-state index in [2.05, 4.69) is 28.9 Å². The Morgan fingerprint density at radius 2 is 1.86 bits per heavy atom. The Morgan fingerprint density at radius 3 is 2.50 bits per heavy atom. The first-order valence-electron chi connectivity index (χ1n) is 4.24. The molecule has 2 rings (SSSR count). The monoisotopic (exact) mass is 188 g/mol. The molecular formula is C11H12N2O. The molecule has 14 heavy (non-hydrogen) atoms. The van der Waals surface area contributed by atoms with Crippen LogP contribution in [0.4, 0.5) is 0 Å². The fraction of sp³-hybridized carbons (Fsp3) is 0.0909. The van der Waals surface area contributed by atoms with Gasteiger partial charge >= 0.3 is 0 Å². The third-order valence-corrected chi connectivity index (χ3v) is 1.77. The van der Waals surface area contributed by atoms with Gasteiger partial charge in [0.25, 0.3) is 0 Å². The number of rotatable bonds is 0. The van der Waals surface area contributed by atoms with Crippen LogP contribution in [0, 0.1) is 6.92 Å². The normalized spacial score (nSPS) is 8.93. The van der Waals surface area contributed by atoms with Crippen molar-refractivity contribution in [3.8, 4) is 0 Å². The molecule has 3 heteroatoms. The van der Waals surface area contributed by atoms with Crippen LogP contribution in [-0.2, 0) is 4.79 Å². The van der Waals surface area contributed by atoms with E-state index < -0.39 is 0 Å². The molecule has 0 saturated heterocycles. The van der Waals surface area contributed by atoms with E-state index in [1.165, 1.54) is 10.8 Å². The second-order valence-corrected chi connectivity index (χ2v) is 2.81. The minimum Gasteiger partial charge on any atom is -0.372 e. The number of hydrogen-bond donors (Lipinski definition) is 1. The molecule has 1 aromatic heterocycles. The van der Waals surface area contributed by atoms with Crippen LogP contribution in [0.15, 0.2) is 36.5 Å². The van der Waals surface area contributed by atoms with E-state index in [1.54, 1.807) is 0 Å². The minimum absolute atomic E-state index is 0.250. The number of benzene rings is 1. The Balaban J connectivity index is 0.000000293. The van der Waals surface area contributed by atoms with E-state index in [0.717, 1.165) is 5.69 Å². The van der Waals surface area contributed by atoms with E-state index in [9.17, 15) is 0 Å². The van der Waals surface area contributed by atoms with Gasteiger partial charge in [-0.2, -0.15) is 0 Å². The number of nitrogens with two attached hydrogens (primary N) is 1. The van der Waals surface area contributed by atoms with Gasteiger partial charge < -0.3 is 5.73 Å². The lowest BCUT2D eigenvalue weighted by molar-refractivity contribution is -0.106. The van der Waals surface area contributed by atoms with Crippen molar-refractivity contribution in [3.05, 3.63) is 42.2 Å². The third kappa shape index (κ3) is 2.55. The summed E-state index contributed by atoms with van der Waals surface area (Å²) < 4.78 is 0. The molecule has 0 saturated carbocycles. The van der Waals surface area contributed by atoms with Crippen molar-refractivity contribution >= 4 is 17.2 Å². The summed E-state index contributed by atoms with van der Waals surface area (Å²) in [5.74, 6) is 0. The van der Waals surface area contributed by atoms with Gasteiger partial charge in [0.2, 0.25) is 6.41 Å². The lowest BCUT2D eigenvalue weighted by Crippen LogP contribution is -1.82. The van der Waals surface area contributed by atoms with Crippen LogP contribution in [0.5, 0.6) is 0 Å². The van der Waals surface area contributed by atoms with Gasteiger partial charge in [-0.25, -0.2) is 0 Å². The summed E-state index contributed by atoms with van der Waals surface area (Å²) in [6, 6.07) is 10.3. The molecule has 0 aliphatic rings. The van der Waals surface area contributed by atoms with Gasteiger partial charge in [-0.15, -0.1) is 0 Å². The lowest BCUT2D eigenvalue weighted by Gasteiger charge is -1.96. The molecule has 1 heterocycles. The van der Waals surface area contributed by atoms with Crippen molar-refractivity contribution in [2.24, 2.45) is 5.73 Å². The molecule has 0 spiro atoms. The molecule has 0 atom stereocenters. The first-order valence-corrected chi connectivity index (χ1v) is 4.24. The summed E-state index contributed by atoms with van der Waals surface area (Å²) in [6.45, 7) is 2.01. The Labute approximate surface area is 82.6 Å². The first-order chi connectivity index (χ1) is 6.77. The number of pyridine rings is 1. The predicted octanol–water partition coefficient (Wildman–Crippen LogP) is 1.64. The van der Waals surface area contributed by atoms with Crippen LogP contribution in [-0.4, -0.2) is 11.4 Å². The number of amides is 1. The van der Waals surface area contributed by atoms with E-state index in [-0.39, 0.29) is 6.41 Å². The number of hydrogen-bond acceptors (Lipinski definition) is 2. The third-order valence-electron chi connectivity index (χ3n) is 1.77. The highest BCUT2D eigenvalue weighted by molar-refractivity contribution is 5.81. The predicted molar refractivity (Wildman–Crippen MR) is 56.7 cm³/mol. The molecule has 0 radical (unpaired) electrons. The maximum absolute atomic E-state index is 8.58. The molecule has 0 unspecified atom stereocenters. The maximum Gasteiger partial charge on any atom is 0.204 e. The highest BCUT2D eigenvalue weighted by Crippen LogP contribution is 2.12. The highest BCUT2D eigenvalue weighted by atomic mass is 16.1. The molecule has 0 aliphatic carbocycles. The molecule has 0 aliphatic heterocycles. The topological polar surface area (TPSA) is 56.0 Å². The van der Waals surface area contributed by atoms with Crippen molar-refractivity contribution in [2.75, 3.05) is 0 Å². The molecule has 1 aromatic carbocycles. The summed E-state index contributed by atoms with van der Waals surface area (Å²) in [7, 11) is 0. The molecule has 2 N–H and O–H groups in total. The standard InChI is InChI=1S/C10H9N.CH3NO/c1-8-6-9-4-2-3-5-10(9)7-11-8;2-1-3/h2-7H,1H3;1H,(H2,2,3). The quantitative estimate of drug-likeness (QED) is 0.639. The summed E-state index contributed by atoms with van der Waals surface area (Å²) in [4.78, 5) is 12.8. The van der Waals surface area contributed by atoms with Gasteiger partial charge in [0.15, 0.2) is 0 Å². The first kappa shape index (κ1) is 10.2. The van der Waals surface area contributed by atoms with E-state index in [1.807, 2.05) is 25.3 Å². The molecule has 0 bridgehead atoms. The second-order valence-electron chi connectivity index (χ2n) is 2.81. The number of fused-ring (bicyclic) bond motifs is 1. The molecule has 3 nitrogen and oxygen atoms in total. The number of nitrogens with zero attached hydrogens (tertiary/aromatic N) is 1. The SMILES string of the molecule is Cc1cc2ccccc2cn1.NC=O. The van der Waals surface area contributed by atoms with Crippen molar-refractivity contribution in [2.45, 2.75) is 6.92 Å². The van der Waals surface area contributed by atoms with Crippen LogP contribution in [0.3, 0.4) is 0 Å². The smallest absolute Gasteiger partial charge is 0.204 e. The van der Waals surface area contributed by atoms with Gasteiger partial charge in [-0.05, 0) is 18.4 Å². The van der Waals surface area contributed by atoms with Gasteiger partial charge in [0.05, 0.1) is 0 Å². The van der Waals surface area contributed by atoms with Crippen LogP contribution in [0.2, 0.25) is 0 Å². The molecular weight excluding hydrogens is 176 g/mol. The Kier molecular flexibility index (Phi) is 3.61. The van der Waals surface area contributed by atoms with E-state index in [0.29, 0.717) is 0 Å². The second kappa shape index (κ2) is 4.97. The zero-order valence-electron chi connectivity index (χ0n) is 7.97. The Morgan fingerprint density at radius 1 is 1.29 bits per heavy atom. The van der Waals surface area contributed by atoms with Crippen LogP contribution >= 0.6 is 0 Å². The minimum atomic E-state index is 0.250. The van der Waals surface area contributed by atoms with Crippen molar-refractivity contribution < 1.29 is 4.79 Å². The van der Waals surface area contributed by atoms with Gasteiger partial charge in [0.1, 0.15) is 0 Å². The number of aryl methyl sites for hydroxylation is 1. The lowest BCUT2D eigenvalue weighted by atomic mass is 10.1. The maximum atomic E-state index is 8.58. The molecule has 2 aromatic rings. The van der Waals surface area contributed by atoms with Crippen molar-refractivity contribution in [1.82, 2.24) is 4.98 Å². The fourth-order valence-corrected chi connectivity index (χ4v) is 1.19. The summed E-state index contributed by atoms with van der Waals surface area (Å²) in [6.07, 6.45) is 2.16. The number of primary amides is 1. The summed E-state index contributed by atoms with van der Waals surface area (Å²) in [5, 5.41) is 2.47. The molecule has 72 valence electrons. The van der Waals surface area contributed by atoms with Crippen molar-refractivity contribution in [1.29, 1.82) is 0 Å². The van der Waals surface area contributed by atoms with Gasteiger partial charge in [0, 0.05) is 17.3 Å². The summed E-state index contributed by atoms with van der Waals surface area (Å²) >= 11 is 0. The van der Waals surface area contributed by atoms with E-state index >= 15 is 0 Å². The van der Waals surface area contributed by atoms with E-state index in [4.69, 9.17) is 4.79 Å². The Hall–Kier alpha value is -1.90. The van der Waals surface area contributed by atoms with Crippen LogP contribution in [0.1, 0.15) is 5.69 Å². The average Bonchev–Trinajstić information content (AvgIpc) is 2.19. The molecule has 0 fully saturated rings. The largest absolute Gasteiger partial charge is 0.372 e. The zero-order chi connectivity index (χ0) is 10.4. The number of carbonyl (C=O) groups excluding carboxylic acids is 1. The van der Waals surface area contributed by atoms with Gasteiger partial charge in [-0.1, -0.05) is 24.3 Å². The zero-order valence-corrected chi connectivity index (χ0v) is 7.97. The average molecular weight is 188 g/mol. The highest BCUT2D eigenvalue weighted by Gasteiger charge is 1.90. The fourth-order valence-electron chi connectivity index (χ4n) is 1.19. The number of carbonyl (C=O) groups is 1. The van der Waals surface area contributed by atoms with Crippen LogP contribution < -0.4 is 5.73 Å². The number of aromatic nitrogens is 1. The summed E-state index contributed by atoms with van der Waals surface area (Å²) in [5.41, 5.74) is 5.24. The van der Waals surface area contributed by atoms with Gasteiger partial charge in [-0.3, -0.25) is 9.78 Å². The molecule has 1 amide bonds. The Bertz CT molecular complexity index is 426.